The van der Waals surface area contributed by atoms with Crippen LogP contribution in [0.1, 0.15) is 45.8 Å². The zero-order valence-corrected chi connectivity index (χ0v) is 14.5. The van der Waals surface area contributed by atoms with Gasteiger partial charge in [-0.3, -0.25) is 4.79 Å². The normalized spacial score (nSPS) is 31.8. The molecule has 2 saturated carbocycles. The summed E-state index contributed by atoms with van der Waals surface area (Å²) in [5.74, 6) is 2.33. The zero-order chi connectivity index (χ0) is 15.1. The number of carbonyl (C=O) groups is 1. The minimum absolute atomic E-state index is 0. The van der Waals surface area contributed by atoms with E-state index in [4.69, 9.17) is 4.42 Å². The van der Waals surface area contributed by atoms with Gasteiger partial charge in [-0.15, -0.1) is 12.4 Å². The Morgan fingerprint density at radius 1 is 1.32 bits per heavy atom. The molecule has 0 saturated heterocycles. The highest BCUT2D eigenvalue weighted by Crippen LogP contribution is 2.61. The summed E-state index contributed by atoms with van der Waals surface area (Å²) < 4.78 is 5.25. The van der Waals surface area contributed by atoms with Gasteiger partial charge in [-0.25, -0.2) is 0 Å². The fourth-order valence-electron chi connectivity index (χ4n) is 4.42. The Kier molecular flexibility index (Phi) is 4.93. The van der Waals surface area contributed by atoms with Gasteiger partial charge in [-0.1, -0.05) is 13.8 Å². The fraction of sp³-hybridized carbons (Fsp3) is 0.706. The van der Waals surface area contributed by atoms with Crippen molar-refractivity contribution in [3.63, 3.8) is 0 Å². The van der Waals surface area contributed by atoms with E-state index in [1.54, 1.807) is 6.26 Å². The second kappa shape index (κ2) is 6.25. The first-order valence-electron chi connectivity index (χ1n) is 7.97. The minimum Gasteiger partial charge on any atom is -0.468 e. The molecule has 1 aromatic rings. The molecule has 2 N–H and O–H groups in total. The Morgan fingerprint density at radius 3 is 2.64 bits per heavy atom. The van der Waals surface area contributed by atoms with Gasteiger partial charge in [0.05, 0.1) is 19.4 Å². The molecule has 2 bridgehead atoms. The summed E-state index contributed by atoms with van der Waals surface area (Å²) in [5, 5.41) is 6.47. The minimum atomic E-state index is -0.0701. The predicted molar refractivity (Wildman–Crippen MR) is 88.8 cm³/mol. The van der Waals surface area contributed by atoms with Crippen molar-refractivity contribution in [2.24, 2.45) is 17.3 Å². The number of amides is 1. The molecule has 3 atom stereocenters. The lowest BCUT2D eigenvalue weighted by molar-refractivity contribution is -0.124. The maximum Gasteiger partial charge on any atom is 0.234 e. The Balaban J connectivity index is 0.00000176. The predicted octanol–water partition coefficient (Wildman–Crippen LogP) is 3.12. The quantitative estimate of drug-likeness (QED) is 0.874. The third-order valence-electron chi connectivity index (χ3n) is 6.17. The third kappa shape index (κ3) is 2.79. The first-order valence-corrected chi connectivity index (χ1v) is 7.97. The number of hydrogen-bond acceptors (Lipinski definition) is 3. The molecule has 3 unspecified atom stereocenters. The van der Waals surface area contributed by atoms with Gasteiger partial charge in [-0.2, -0.15) is 0 Å². The molecule has 0 aliphatic heterocycles. The van der Waals surface area contributed by atoms with Crippen LogP contribution in [0.25, 0.3) is 0 Å². The maximum absolute atomic E-state index is 12.3. The molecular formula is C17H27ClN2O2. The van der Waals surface area contributed by atoms with Crippen molar-refractivity contribution in [2.75, 3.05) is 6.54 Å². The van der Waals surface area contributed by atoms with Crippen LogP contribution in [0.5, 0.6) is 0 Å². The van der Waals surface area contributed by atoms with Gasteiger partial charge in [0.15, 0.2) is 0 Å². The number of fused-ring (bicyclic) bond motifs is 2. The lowest BCUT2D eigenvalue weighted by Gasteiger charge is -2.48. The van der Waals surface area contributed by atoms with Crippen molar-refractivity contribution >= 4 is 18.3 Å². The highest BCUT2D eigenvalue weighted by molar-refractivity contribution is 5.85. The summed E-state index contributed by atoms with van der Waals surface area (Å²) in [7, 11) is 0. The topological polar surface area (TPSA) is 54.3 Å². The second-order valence-electron chi connectivity index (χ2n) is 7.36. The summed E-state index contributed by atoms with van der Waals surface area (Å²) in [6.07, 6.45) is 5.49. The Hall–Kier alpha value is -1.00. The molecule has 1 aromatic heterocycles. The van der Waals surface area contributed by atoms with Crippen LogP contribution in [0.2, 0.25) is 0 Å². The van der Waals surface area contributed by atoms with Crippen molar-refractivity contribution in [1.82, 2.24) is 10.6 Å². The molecular weight excluding hydrogens is 300 g/mol. The van der Waals surface area contributed by atoms with Crippen LogP contribution in [0, 0.1) is 17.3 Å². The van der Waals surface area contributed by atoms with Gasteiger partial charge in [-0.05, 0) is 55.6 Å². The highest BCUT2D eigenvalue weighted by atomic mass is 35.5. The van der Waals surface area contributed by atoms with Crippen LogP contribution in [0.3, 0.4) is 0 Å². The monoisotopic (exact) mass is 326 g/mol. The van der Waals surface area contributed by atoms with Gasteiger partial charge in [0.1, 0.15) is 5.76 Å². The molecule has 0 radical (unpaired) electrons. The maximum atomic E-state index is 12.3. The van der Waals surface area contributed by atoms with E-state index in [0.29, 0.717) is 19.0 Å². The molecule has 4 nitrogen and oxygen atoms in total. The van der Waals surface area contributed by atoms with Crippen molar-refractivity contribution in [1.29, 1.82) is 0 Å². The summed E-state index contributed by atoms with van der Waals surface area (Å²) in [6, 6.07) is 3.77. The lowest BCUT2D eigenvalue weighted by atomic mass is 9.64. The molecule has 22 heavy (non-hydrogen) atoms. The molecule has 2 aliphatic carbocycles. The van der Waals surface area contributed by atoms with Crippen molar-refractivity contribution in [2.45, 2.75) is 52.1 Å². The van der Waals surface area contributed by atoms with Crippen molar-refractivity contribution in [3.05, 3.63) is 24.2 Å². The van der Waals surface area contributed by atoms with Gasteiger partial charge < -0.3 is 15.1 Å². The van der Waals surface area contributed by atoms with E-state index in [2.05, 4.69) is 31.4 Å². The standard InChI is InChI=1S/C17H26N2O2.ClH/c1-16(2)12-6-7-13(9-12)17(16,3)19-15(20)11-18-10-14-5-4-8-21-14;/h4-5,8,12-13,18H,6-7,9-11H2,1-3H3,(H,19,20);1H. The summed E-state index contributed by atoms with van der Waals surface area (Å²) >= 11 is 0. The summed E-state index contributed by atoms with van der Waals surface area (Å²) in [6.45, 7) is 7.79. The van der Waals surface area contributed by atoms with Gasteiger partial charge in [0, 0.05) is 5.54 Å². The number of rotatable bonds is 5. The number of halogens is 1. The van der Waals surface area contributed by atoms with Crippen molar-refractivity contribution in [3.8, 4) is 0 Å². The van der Waals surface area contributed by atoms with Crippen LogP contribution in [0.15, 0.2) is 22.8 Å². The first-order chi connectivity index (χ1) is 9.93. The Labute approximate surface area is 138 Å². The zero-order valence-electron chi connectivity index (χ0n) is 13.6. The molecule has 1 amide bonds. The second-order valence-corrected chi connectivity index (χ2v) is 7.36. The average Bonchev–Trinajstić information content (AvgIpc) is 3.11. The number of furan rings is 1. The molecule has 1 heterocycles. The fourth-order valence-corrected chi connectivity index (χ4v) is 4.42. The molecule has 0 spiro atoms. The third-order valence-corrected chi connectivity index (χ3v) is 6.17. The van der Waals surface area contributed by atoms with E-state index >= 15 is 0 Å². The van der Waals surface area contributed by atoms with Crippen molar-refractivity contribution < 1.29 is 9.21 Å². The van der Waals surface area contributed by atoms with E-state index < -0.39 is 0 Å². The Bertz CT molecular complexity index is 515. The number of carbonyl (C=O) groups excluding carboxylic acids is 1. The van der Waals surface area contributed by atoms with E-state index in [1.165, 1.54) is 19.3 Å². The Morgan fingerprint density at radius 2 is 2.05 bits per heavy atom. The smallest absolute Gasteiger partial charge is 0.234 e. The van der Waals surface area contributed by atoms with Crippen LogP contribution in [-0.2, 0) is 11.3 Å². The first kappa shape index (κ1) is 17.4. The molecule has 3 rings (SSSR count). The van der Waals surface area contributed by atoms with Crippen LogP contribution < -0.4 is 10.6 Å². The molecule has 2 aliphatic rings. The largest absolute Gasteiger partial charge is 0.468 e. The van der Waals surface area contributed by atoms with Gasteiger partial charge in [0.25, 0.3) is 0 Å². The summed E-state index contributed by atoms with van der Waals surface area (Å²) in [4.78, 5) is 12.3. The molecule has 0 aromatic carbocycles. The molecule has 5 heteroatoms. The van der Waals surface area contributed by atoms with Gasteiger partial charge in [0.2, 0.25) is 5.91 Å². The highest BCUT2D eigenvalue weighted by Gasteiger charge is 2.60. The number of hydrogen-bond donors (Lipinski definition) is 2. The molecule has 124 valence electrons. The average molecular weight is 327 g/mol. The number of nitrogens with one attached hydrogen (secondary N) is 2. The van der Waals surface area contributed by atoms with E-state index in [9.17, 15) is 4.79 Å². The van der Waals surface area contributed by atoms with E-state index in [-0.39, 0.29) is 29.3 Å². The molecule has 2 fully saturated rings. The van der Waals surface area contributed by atoms with Crippen LogP contribution in [0.4, 0.5) is 0 Å². The SMILES string of the molecule is CC1(C)C2CCC(C2)C1(C)NC(=O)CNCc1ccco1.Cl. The van der Waals surface area contributed by atoms with Crippen LogP contribution in [-0.4, -0.2) is 18.0 Å². The van der Waals surface area contributed by atoms with E-state index in [1.807, 2.05) is 12.1 Å². The van der Waals surface area contributed by atoms with Gasteiger partial charge >= 0.3 is 0 Å². The van der Waals surface area contributed by atoms with E-state index in [0.717, 1.165) is 11.7 Å². The van der Waals surface area contributed by atoms with Crippen LogP contribution >= 0.6 is 12.4 Å². The lowest BCUT2D eigenvalue weighted by Crippen LogP contribution is -2.60. The summed E-state index contributed by atoms with van der Waals surface area (Å²) in [5.41, 5.74) is 0.117.